The standard InChI is InChI=1S/C10H23N/c1-6-8(2)7-9(11)10(3,4)5/h8-9H,6-7,11H2,1-5H3. The van der Waals surface area contributed by atoms with E-state index < -0.39 is 0 Å². The minimum Gasteiger partial charge on any atom is -0.327 e. The Labute approximate surface area is 71.4 Å². The first kappa shape index (κ1) is 11.0. The van der Waals surface area contributed by atoms with Crippen LogP contribution in [-0.2, 0) is 0 Å². The molecule has 1 nitrogen and oxygen atoms in total. The van der Waals surface area contributed by atoms with Gasteiger partial charge in [0.25, 0.3) is 0 Å². The molecular weight excluding hydrogens is 134 g/mol. The Hall–Kier alpha value is -0.0400. The van der Waals surface area contributed by atoms with Gasteiger partial charge < -0.3 is 5.73 Å². The van der Waals surface area contributed by atoms with Crippen LogP contribution in [0, 0.1) is 11.3 Å². The van der Waals surface area contributed by atoms with Gasteiger partial charge in [-0.05, 0) is 17.8 Å². The Morgan fingerprint density at radius 2 is 1.73 bits per heavy atom. The van der Waals surface area contributed by atoms with Gasteiger partial charge in [0, 0.05) is 6.04 Å². The molecule has 0 amide bonds. The third-order valence-corrected chi connectivity index (χ3v) is 2.47. The van der Waals surface area contributed by atoms with Crippen molar-refractivity contribution in [3.8, 4) is 0 Å². The van der Waals surface area contributed by atoms with E-state index in [2.05, 4.69) is 34.6 Å². The summed E-state index contributed by atoms with van der Waals surface area (Å²) < 4.78 is 0. The Bertz CT molecular complexity index is 102. The summed E-state index contributed by atoms with van der Waals surface area (Å²) in [6.45, 7) is 11.1. The van der Waals surface area contributed by atoms with E-state index in [1.54, 1.807) is 0 Å². The summed E-state index contributed by atoms with van der Waals surface area (Å²) in [5.74, 6) is 0.768. The third-order valence-electron chi connectivity index (χ3n) is 2.47. The molecule has 0 bridgehead atoms. The van der Waals surface area contributed by atoms with Gasteiger partial charge in [0.2, 0.25) is 0 Å². The molecule has 1 heteroatoms. The van der Waals surface area contributed by atoms with Crippen molar-refractivity contribution >= 4 is 0 Å². The maximum absolute atomic E-state index is 6.03. The summed E-state index contributed by atoms with van der Waals surface area (Å²) >= 11 is 0. The van der Waals surface area contributed by atoms with E-state index in [0.717, 1.165) is 12.3 Å². The molecule has 0 aromatic rings. The smallest absolute Gasteiger partial charge is 0.00901 e. The highest BCUT2D eigenvalue weighted by Crippen LogP contribution is 2.23. The van der Waals surface area contributed by atoms with Crippen molar-refractivity contribution < 1.29 is 0 Å². The Balaban J connectivity index is 3.77. The molecule has 11 heavy (non-hydrogen) atoms. The molecule has 0 aromatic carbocycles. The van der Waals surface area contributed by atoms with Gasteiger partial charge in [0.1, 0.15) is 0 Å². The van der Waals surface area contributed by atoms with E-state index in [9.17, 15) is 0 Å². The fourth-order valence-corrected chi connectivity index (χ4v) is 0.954. The van der Waals surface area contributed by atoms with E-state index in [4.69, 9.17) is 5.73 Å². The van der Waals surface area contributed by atoms with Gasteiger partial charge in [-0.3, -0.25) is 0 Å². The minimum absolute atomic E-state index is 0.267. The van der Waals surface area contributed by atoms with Gasteiger partial charge in [-0.25, -0.2) is 0 Å². The molecule has 2 atom stereocenters. The van der Waals surface area contributed by atoms with Crippen LogP contribution in [0.4, 0.5) is 0 Å². The number of hydrogen-bond donors (Lipinski definition) is 1. The summed E-state index contributed by atoms with van der Waals surface area (Å²) in [7, 11) is 0. The fraction of sp³-hybridized carbons (Fsp3) is 1.00. The molecule has 0 aliphatic heterocycles. The summed E-state index contributed by atoms with van der Waals surface area (Å²) in [4.78, 5) is 0. The molecule has 0 aliphatic carbocycles. The van der Waals surface area contributed by atoms with E-state index in [0.29, 0.717) is 6.04 Å². The third kappa shape index (κ3) is 4.41. The first-order chi connectivity index (χ1) is 4.88. The lowest BCUT2D eigenvalue weighted by atomic mass is 9.82. The molecule has 0 aromatic heterocycles. The van der Waals surface area contributed by atoms with Crippen molar-refractivity contribution in [1.82, 2.24) is 0 Å². The largest absolute Gasteiger partial charge is 0.327 e. The van der Waals surface area contributed by atoms with Crippen molar-refractivity contribution in [3.05, 3.63) is 0 Å². The minimum atomic E-state index is 0.267. The quantitative estimate of drug-likeness (QED) is 0.670. The molecule has 0 rings (SSSR count). The predicted octanol–water partition coefficient (Wildman–Crippen LogP) is 2.80. The second kappa shape index (κ2) is 4.10. The van der Waals surface area contributed by atoms with Crippen molar-refractivity contribution in [2.75, 3.05) is 0 Å². The molecule has 0 saturated carbocycles. The summed E-state index contributed by atoms with van der Waals surface area (Å²) in [5, 5.41) is 0. The van der Waals surface area contributed by atoms with Gasteiger partial charge in [0.15, 0.2) is 0 Å². The van der Waals surface area contributed by atoms with Crippen molar-refractivity contribution in [2.24, 2.45) is 17.1 Å². The molecule has 0 saturated heterocycles. The highest BCUT2D eigenvalue weighted by molar-refractivity contribution is 4.78. The summed E-state index contributed by atoms with van der Waals surface area (Å²) in [6, 6.07) is 0.345. The van der Waals surface area contributed by atoms with E-state index in [-0.39, 0.29) is 5.41 Å². The lowest BCUT2D eigenvalue weighted by molar-refractivity contribution is 0.273. The van der Waals surface area contributed by atoms with Gasteiger partial charge in [-0.15, -0.1) is 0 Å². The normalized spacial score (nSPS) is 18.0. The Kier molecular flexibility index (Phi) is 4.09. The molecule has 0 fully saturated rings. The summed E-state index contributed by atoms with van der Waals surface area (Å²) in [5.41, 5.74) is 6.29. The molecule has 2 unspecified atom stereocenters. The fourth-order valence-electron chi connectivity index (χ4n) is 0.954. The zero-order valence-electron chi connectivity index (χ0n) is 8.65. The second-order valence-electron chi connectivity index (χ2n) is 4.72. The molecule has 0 radical (unpaired) electrons. The lowest BCUT2D eigenvalue weighted by Gasteiger charge is -2.29. The van der Waals surface area contributed by atoms with Crippen LogP contribution < -0.4 is 5.73 Å². The lowest BCUT2D eigenvalue weighted by Crippen LogP contribution is -2.36. The highest BCUT2D eigenvalue weighted by atomic mass is 14.7. The van der Waals surface area contributed by atoms with E-state index in [1.165, 1.54) is 6.42 Å². The van der Waals surface area contributed by atoms with Gasteiger partial charge in [-0.2, -0.15) is 0 Å². The van der Waals surface area contributed by atoms with E-state index in [1.807, 2.05) is 0 Å². The van der Waals surface area contributed by atoms with Crippen LogP contribution >= 0.6 is 0 Å². The topological polar surface area (TPSA) is 26.0 Å². The van der Waals surface area contributed by atoms with Crippen molar-refractivity contribution in [3.63, 3.8) is 0 Å². The van der Waals surface area contributed by atoms with Crippen molar-refractivity contribution in [1.29, 1.82) is 0 Å². The average Bonchev–Trinajstić information content (AvgIpc) is 1.85. The van der Waals surface area contributed by atoms with E-state index >= 15 is 0 Å². The maximum atomic E-state index is 6.03. The molecule has 2 N–H and O–H groups in total. The van der Waals surface area contributed by atoms with Crippen molar-refractivity contribution in [2.45, 2.75) is 53.5 Å². The molecule has 68 valence electrons. The SMILES string of the molecule is CCC(C)CC(N)C(C)(C)C. The van der Waals surface area contributed by atoms with Crippen LogP contribution in [0.5, 0.6) is 0 Å². The van der Waals surface area contributed by atoms with Crippen LogP contribution in [0.3, 0.4) is 0 Å². The maximum Gasteiger partial charge on any atom is 0.00901 e. The number of rotatable bonds is 3. The van der Waals surface area contributed by atoms with Gasteiger partial charge in [-0.1, -0.05) is 41.0 Å². The molecular formula is C10H23N. The first-order valence-electron chi connectivity index (χ1n) is 4.63. The second-order valence-corrected chi connectivity index (χ2v) is 4.72. The highest BCUT2D eigenvalue weighted by Gasteiger charge is 2.21. The van der Waals surface area contributed by atoms with Crippen LogP contribution in [0.1, 0.15) is 47.5 Å². The zero-order valence-corrected chi connectivity index (χ0v) is 8.65. The number of hydrogen-bond acceptors (Lipinski definition) is 1. The van der Waals surface area contributed by atoms with Crippen LogP contribution in [0.15, 0.2) is 0 Å². The van der Waals surface area contributed by atoms with Crippen LogP contribution in [0.2, 0.25) is 0 Å². The van der Waals surface area contributed by atoms with Crippen LogP contribution in [-0.4, -0.2) is 6.04 Å². The molecule has 0 heterocycles. The summed E-state index contributed by atoms with van der Waals surface area (Å²) in [6.07, 6.45) is 2.39. The Morgan fingerprint density at radius 3 is 2.00 bits per heavy atom. The van der Waals surface area contributed by atoms with Gasteiger partial charge >= 0.3 is 0 Å². The first-order valence-corrected chi connectivity index (χ1v) is 4.63. The van der Waals surface area contributed by atoms with Crippen LogP contribution in [0.25, 0.3) is 0 Å². The van der Waals surface area contributed by atoms with Gasteiger partial charge in [0.05, 0.1) is 0 Å². The predicted molar refractivity (Wildman–Crippen MR) is 51.5 cm³/mol. The Morgan fingerprint density at radius 1 is 1.27 bits per heavy atom. The molecule has 0 spiro atoms. The molecule has 0 aliphatic rings. The average molecular weight is 157 g/mol. The monoisotopic (exact) mass is 157 g/mol. The number of nitrogens with two attached hydrogens (primary N) is 1. The zero-order chi connectivity index (χ0) is 9.07.